The van der Waals surface area contributed by atoms with E-state index in [1.54, 1.807) is 0 Å². The standard InChI is InChI=1S/C13H20N2OS/c1-15(10-8-13(14)17)9-5-11-16-12-6-3-2-4-7-12/h2-4,6-7H,5,8-11H2,1H3,(H2,14,17). The zero-order valence-electron chi connectivity index (χ0n) is 10.3. The number of nitrogens with two attached hydrogens (primary N) is 1. The monoisotopic (exact) mass is 252 g/mol. The van der Waals surface area contributed by atoms with Gasteiger partial charge < -0.3 is 15.4 Å². The molecule has 1 aromatic rings. The summed E-state index contributed by atoms with van der Waals surface area (Å²) in [5.74, 6) is 0.929. The molecule has 3 nitrogen and oxygen atoms in total. The maximum atomic E-state index is 5.60. The van der Waals surface area contributed by atoms with Crippen LogP contribution >= 0.6 is 12.2 Å². The van der Waals surface area contributed by atoms with E-state index in [4.69, 9.17) is 22.7 Å². The first kappa shape index (κ1) is 13.9. The van der Waals surface area contributed by atoms with Gasteiger partial charge in [-0.15, -0.1) is 0 Å². The molecule has 0 saturated carbocycles. The molecule has 0 unspecified atom stereocenters. The topological polar surface area (TPSA) is 38.5 Å². The number of ether oxygens (including phenoxy) is 1. The van der Waals surface area contributed by atoms with Crippen LogP contribution in [0.1, 0.15) is 12.8 Å². The van der Waals surface area contributed by atoms with Crippen LogP contribution in [0.15, 0.2) is 30.3 Å². The lowest BCUT2D eigenvalue weighted by molar-refractivity contribution is 0.266. The van der Waals surface area contributed by atoms with E-state index >= 15 is 0 Å². The second kappa shape index (κ2) is 8.03. The number of thiocarbonyl (C=S) groups is 1. The Morgan fingerprint density at radius 2 is 2.00 bits per heavy atom. The molecular weight excluding hydrogens is 232 g/mol. The molecule has 17 heavy (non-hydrogen) atoms. The van der Waals surface area contributed by atoms with Gasteiger partial charge in [0.1, 0.15) is 5.75 Å². The average Bonchev–Trinajstić information content (AvgIpc) is 2.33. The van der Waals surface area contributed by atoms with Gasteiger partial charge in [-0.25, -0.2) is 0 Å². The second-order valence-electron chi connectivity index (χ2n) is 4.03. The van der Waals surface area contributed by atoms with Crippen molar-refractivity contribution in [3.63, 3.8) is 0 Å². The van der Waals surface area contributed by atoms with Crippen molar-refractivity contribution in [2.75, 3.05) is 26.7 Å². The Hall–Kier alpha value is -1.13. The lowest BCUT2D eigenvalue weighted by atomic mass is 10.3. The largest absolute Gasteiger partial charge is 0.494 e. The molecule has 4 heteroatoms. The number of benzene rings is 1. The van der Waals surface area contributed by atoms with Gasteiger partial charge in [-0.2, -0.15) is 0 Å². The summed E-state index contributed by atoms with van der Waals surface area (Å²) in [4.78, 5) is 2.80. The molecule has 0 saturated heterocycles. The van der Waals surface area contributed by atoms with Gasteiger partial charge in [0.05, 0.1) is 11.6 Å². The van der Waals surface area contributed by atoms with Crippen molar-refractivity contribution in [3.8, 4) is 5.75 Å². The molecule has 0 heterocycles. The Labute approximate surface area is 109 Å². The highest BCUT2D eigenvalue weighted by atomic mass is 32.1. The van der Waals surface area contributed by atoms with Crippen LogP contribution in [0.5, 0.6) is 5.75 Å². The van der Waals surface area contributed by atoms with Crippen LogP contribution in [0.2, 0.25) is 0 Å². The van der Waals surface area contributed by atoms with E-state index in [0.29, 0.717) is 4.99 Å². The maximum Gasteiger partial charge on any atom is 0.119 e. The van der Waals surface area contributed by atoms with E-state index in [1.165, 1.54) is 0 Å². The molecule has 0 aliphatic carbocycles. The lowest BCUT2D eigenvalue weighted by Crippen LogP contribution is -2.25. The number of hydrogen-bond donors (Lipinski definition) is 1. The van der Waals surface area contributed by atoms with Gasteiger partial charge in [-0.1, -0.05) is 30.4 Å². The van der Waals surface area contributed by atoms with Crippen LogP contribution in [0.3, 0.4) is 0 Å². The molecule has 1 aromatic carbocycles. The quantitative estimate of drug-likeness (QED) is 0.568. The lowest BCUT2D eigenvalue weighted by Gasteiger charge is -2.16. The van der Waals surface area contributed by atoms with E-state index in [0.717, 1.165) is 38.3 Å². The molecule has 0 radical (unpaired) electrons. The molecule has 0 aliphatic rings. The summed E-state index contributed by atoms with van der Waals surface area (Å²) < 4.78 is 5.60. The highest BCUT2D eigenvalue weighted by Crippen LogP contribution is 2.08. The highest BCUT2D eigenvalue weighted by Gasteiger charge is 1.99. The summed E-state index contributed by atoms with van der Waals surface area (Å²) in [6.07, 6.45) is 1.79. The molecule has 2 N–H and O–H groups in total. The zero-order chi connectivity index (χ0) is 12.5. The van der Waals surface area contributed by atoms with E-state index in [9.17, 15) is 0 Å². The second-order valence-corrected chi connectivity index (χ2v) is 4.56. The van der Waals surface area contributed by atoms with Gasteiger partial charge in [-0.3, -0.25) is 0 Å². The fourth-order valence-corrected chi connectivity index (χ4v) is 1.55. The molecule has 94 valence electrons. The molecule has 0 spiro atoms. The predicted molar refractivity (Wildman–Crippen MR) is 75.5 cm³/mol. The third kappa shape index (κ3) is 6.92. The van der Waals surface area contributed by atoms with Crippen LogP contribution in [0, 0.1) is 0 Å². The third-order valence-electron chi connectivity index (χ3n) is 2.44. The summed E-state index contributed by atoms with van der Waals surface area (Å²) in [5.41, 5.74) is 5.45. The van der Waals surface area contributed by atoms with Crippen molar-refractivity contribution in [3.05, 3.63) is 30.3 Å². The van der Waals surface area contributed by atoms with Gasteiger partial charge in [0.2, 0.25) is 0 Å². The van der Waals surface area contributed by atoms with Crippen molar-refractivity contribution >= 4 is 17.2 Å². The minimum atomic E-state index is 0.581. The first-order valence-corrected chi connectivity index (χ1v) is 6.24. The fourth-order valence-electron chi connectivity index (χ4n) is 1.45. The number of nitrogens with zero attached hydrogens (tertiary/aromatic N) is 1. The molecule has 0 aliphatic heterocycles. The summed E-state index contributed by atoms with van der Waals surface area (Å²) in [7, 11) is 2.07. The van der Waals surface area contributed by atoms with Crippen LogP contribution in [0.4, 0.5) is 0 Å². The Bertz CT molecular complexity index is 329. The predicted octanol–water partition coefficient (Wildman–Crippen LogP) is 2.06. The summed E-state index contributed by atoms with van der Waals surface area (Å²) in [6.45, 7) is 2.65. The summed E-state index contributed by atoms with van der Waals surface area (Å²) >= 11 is 4.84. The minimum absolute atomic E-state index is 0.581. The van der Waals surface area contributed by atoms with Crippen molar-refractivity contribution in [1.82, 2.24) is 4.90 Å². The SMILES string of the molecule is CN(CCCOc1ccccc1)CCC(N)=S. The first-order valence-electron chi connectivity index (χ1n) is 5.83. The summed E-state index contributed by atoms with van der Waals surface area (Å²) in [5, 5.41) is 0. The smallest absolute Gasteiger partial charge is 0.119 e. The van der Waals surface area contributed by atoms with E-state index in [1.807, 2.05) is 30.3 Å². The highest BCUT2D eigenvalue weighted by molar-refractivity contribution is 7.80. The Balaban J connectivity index is 2.06. The van der Waals surface area contributed by atoms with Crippen molar-refractivity contribution in [1.29, 1.82) is 0 Å². The molecule has 0 amide bonds. The maximum absolute atomic E-state index is 5.60. The average molecular weight is 252 g/mol. The van der Waals surface area contributed by atoms with E-state index in [2.05, 4.69) is 11.9 Å². The molecule has 0 aromatic heterocycles. The zero-order valence-corrected chi connectivity index (χ0v) is 11.1. The normalized spacial score (nSPS) is 10.5. The van der Waals surface area contributed by atoms with Crippen molar-refractivity contribution < 1.29 is 4.74 Å². The molecule has 0 fully saturated rings. The fraction of sp³-hybridized carbons (Fsp3) is 0.462. The molecular formula is C13H20N2OS. The Morgan fingerprint density at radius 3 is 2.65 bits per heavy atom. The van der Waals surface area contributed by atoms with Crippen LogP contribution in [-0.4, -0.2) is 36.6 Å². The van der Waals surface area contributed by atoms with Gasteiger partial charge in [-0.05, 0) is 25.6 Å². The van der Waals surface area contributed by atoms with Crippen molar-refractivity contribution in [2.24, 2.45) is 5.73 Å². The van der Waals surface area contributed by atoms with Gasteiger partial charge in [0.25, 0.3) is 0 Å². The Morgan fingerprint density at radius 1 is 1.29 bits per heavy atom. The summed E-state index contributed by atoms with van der Waals surface area (Å²) in [6, 6.07) is 9.87. The number of hydrogen-bond acceptors (Lipinski definition) is 3. The Kier molecular flexibility index (Phi) is 6.58. The molecule has 0 atom stereocenters. The minimum Gasteiger partial charge on any atom is -0.494 e. The van der Waals surface area contributed by atoms with Crippen LogP contribution in [-0.2, 0) is 0 Å². The van der Waals surface area contributed by atoms with Gasteiger partial charge in [0.15, 0.2) is 0 Å². The number of para-hydroxylation sites is 1. The van der Waals surface area contributed by atoms with E-state index < -0.39 is 0 Å². The first-order chi connectivity index (χ1) is 8.18. The molecule has 0 bridgehead atoms. The third-order valence-corrected chi connectivity index (χ3v) is 2.64. The van der Waals surface area contributed by atoms with Gasteiger partial charge in [0, 0.05) is 19.5 Å². The van der Waals surface area contributed by atoms with E-state index in [-0.39, 0.29) is 0 Å². The number of rotatable bonds is 8. The van der Waals surface area contributed by atoms with Crippen molar-refractivity contribution in [2.45, 2.75) is 12.8 Å². The van der Waals surface area contributed by atoms with Gasteiger partial charge >= 0.3 is 0 Å². The van der Waals surface area contributed by atoms with Crippen LogP contribution in [0.25, 0.3) is 0 Å². The molecule has 1 rings (SSSR count). The van der Waals surface area contributed by atoms with Crippen LogP contribution < -0.4 is 10.5 Å².